The molecular weight excluding hydrogens is 371 g/mol. The van der Waals surface area contributed by atoms with Gasteiger partial charge in [0.25, 0.3) is 0 Å². The van der Waals surface area contributed by atoms with Gasteiger partial charge in [0.2, 0.25) is 5.95 Å². The zero-order valence-corrected chi connectivity index (χ0v) is 15.9. The van der Waals surface area contributed by atoms with Gasteiger partial charge < -0.3 is 15.6 Å². The molecule has 0 aromatic carbocycles. The Morgan fingerprint density at radius 2 is 2.14 bits per heavy atom. The van der Waals surface area contributed by atoms with Crippen LogP contribution in [-0.2, 0) is 6.42 Å². The van der Waals surface area contributed by atoms with Gasteiger partial charge in [0, 0.05) is 49.7 Å². The number of aromatic nitrogens is 6. The number of likely N-dealkylation sites (N-methyl/N-ethyl adjacent to an activating group) is 1. The molecule has 0 bridgehead atoms. The number of H-pyrrole nitrogens is 2. The molecule has 2 atom stereocenters. The Bertz CT molecular complexity index is 1170. The van der Waals surface area contributed by atoms with Gasteiger partial charge >= 0.3 is 0 Å². The predicted octanol–water partition coefficient (Wildman–Crippen LogP) is 2.83. The molecule has 29 heavy (non-hydrogen) atoms. The minimum Gasteiger partial charge on any atom is -0.383 e. The second-order valence-electron chi connectivity index (χ2n) is 7.42. The minimum absolute atomic E-state index is 0.0807. The van der Waals surface area contributed by atoms with E-state index in [4.69, 9.17) is 5.73 Å². The normalized spacial score (nSPS) is 18.3. The molecule has 0 amide bonds. The van der Waals surface area contributed by atoms with Crippen LogP contribution in [0.25, 0.3) is 22.3 Å². The smallest absolute Gasteiger partial charge is 0.227 e. The van der Waals surface area contributed by atoms with E-state index in [9.17, 15) is 4.39 Å². The lowest BCUT2D eigenvalue weighted by Crippen LogP contribution is -2.23. The number of pyridine rings is 1. The molecular formula is C20H21FN8. The number of nitrogens with two attached hydrogens (primary N) is 1. The average molecular weight is 392 g/mol. The Hall–Kier alpha value is -3.49. The van der Waals surface area contributed by atoms with Gasteiger partial charge in [-0.3, -0.25) is 10.1 Å². The van der Waals surface area contributed by atoms with Crippen LogP contribution in [-0.4, -0.2) is 49.9 Å². The number of nitrogens with zero attached hydrogens (tertiary/aromatic N) is 5. The van der Waals surface area contributed by atoms with E-state index in [2.05, 4.69) is 30.1 Å². The van der Waals surface area contributed by atoms with E-state index in [1.807, 2.05) is 42.4 Å². The van der Waals surface area contributed by atoms with Crippen molar-refractivity contribution in [2.24, 2.45) is 0 Å². The maximum atomic E-state index is 13.2. The molecule has 4 N–H and O–H groups in total. The highest BCUT2D eigenvalue weighted by atomic mass is 19.1. The van der Waals surface area contributed by atoms with Gasteiger partial charge in [-0.15, -0.1) is 0 Å². The highest BCUT2D eigenvalue weighted by Gasteiger charge is 2.40. The van der Waals surface area contributed by atoms with Gasteiger partial charge in [-0.25, -0.2) is 9.37 Å². The van der Waals surface area contributed by atoms with Crippen molar-refractivity contribution in [3.63, 3.8) is 0 Å². The highest BCUT2D eigenvalue weighted by molar-refractivity contribution is 5.74. The molecule has 4 heterocycles. The lowest BCUT2D eigenvalue weighted by atomic mass is 10.2. The lowest BCUT2D eigenvalue weighted by Gasteiger charge is -2.17. The molecule has 148 valence electrons. The first kappa shape index (κ1) is 17.6. The molecule has 0 aliphatic heterocycles. The highest BCUT2D eigenvalue weighted by Crippen LogP contribution is 2.43. The van der Waals surface area contributed by atoms with E-state index >= 15 is 0 Å². The monoisotopic (exact) mass is 392 g/mol. The molecule has 5 rings (SSSR count). The summed E-state index contributed by atoms with van der Waals surface area (Å²) < 4.78 is 13.2. The Kier molecular flexibility index (Phi) is 4.15. The zero-order chi connectivity index (χ0) is 20.0. The third kappa shape index (κ3) is 3.39. The van der Waals surface area contributed by atoms with Crippen molar-refractivity contribution in [2.75, 3.05) is 24.2 Å². The topological polar surface area (TPSA) is 112 Å². The van der Waals surface area contributed by atoms with Crippen LogP contribution in [0.4, 0.5) is 16.2 Å². The summed E-state index contributed by atoms with van der Waals surface area (Å²) in [7, 11) is 1.92. The number of nitrogen functional groups attached to an aromatic ring is 1. The summed E-state index contributed by atoms with van der Waals surface area (Å²) in [6.45, 7) is 0.702. The second-order valence-corrected chi connectivity index (χ2v) is 7.42. The lowest BCUT2D eigenvalue weighted by molar-refractivity contribution is 0.466. The molecule has 1 aliphatic rings. The predicted molar refractivity (Wildman–Crippen MR) is 109 cm³/mol. The van der Waals surface area contributed by atoms with Crippen LogP contribution in [0.1, 0.15) is 23.7 Å². The Morgan fingerprint density at radius 3 is 2.93 bits per heavy atom. The number of alkyl halides is 1. The Labute approximate surface area is 166 Å². The van der Waals surface area contributed by atoms with Crippen molar-refractivity contribution in [1.29, 1.82) is 0 Å². The van der Waals surface area contributed by atoms with Crippen LogP contribution in [0.2, 0.25) is 0 Å². The fraction of sp³-hybridized carbons (Fsp3) is 0.300. The first-order valence-electron chi connectivity index (χ1n) is 9.55. The third-order valence-electron chi connectivity index (χ3n) is 5.30. The average Bonchev–Trinajstić information content (AvgIpc) is 3.12. The number of hydrogen-bond acceptors (Lipinski definition) is 6. The van der Waals surface area contributed by atoms with Gasteiger partial charge in [-0.1, -0.05) is 0 Å². The van der Waals surface area contributed by atoms with Crippen molar-refractivity contribution < 1.29 is 4.39 Å². The van der Waals surface area contributed by atoms with Crippen molar-refractivity contribution in [2.45, 2.75) is 24.9 Å². The Balaban J connectivity index is 1.28. The first-order valence-corrected chi connectivity index (χ1v) is 9.55. The van der Waals surface area contributed by atoms with Crippen LogP contribution >= 0.6 is 0 Å². The summed E-state index contributed by atoms with van der Waals surface area (Å²) in [6, 6.07) is 7.84. The van der Waals surface area contributed by atoms with Gasteiger partial charge in [0.1, 0.15) is 12.0 Å². The molecule has 0 radical (unpaired) electrons. The summed E-state index contributed by atoms with van der Waals surface area (Å²) in [6.07, 6.45) is 4.08. The van der Waals surface area contributed by atoms with Crippen molar-refractivity contribution in [1.82, 2.24) is 30.1 Å². The van der Waals surface area contributed by atoms with Gasteiger partial charge in [-0.2, -0.15) is 10.1 Å². The van der Waals surface area contributed by atoms with Crippen molar-refractivity contribution in [3.8, 4) is 11.3 Å². The van der Waals surface area contributed by atoms with Gasteiger partial charge in [0.15, 0.2) is 0 Å². The molecule has 9 heteroatoms. The molecule has 0 saturated heterocycles. The molecule has 0 unspecified atom stereocenters. The van der Waals surface area contributed by atoms with E-state index in [-0.39, 0.29) is 5.92 Å². The van der Waals surface area contributed by atoms with E-state index in [1.165, 1.54) is 0 Å². The van der Waals surface area contributed by atoms with Crippen molar-refractivity contribution in [3.05, 3.63) is 48.0 Å². The third-order valence-corrected chi connectivity index (χ3v) is 5.30. The molecule has 4 aromatic rings. The van der Waals surface area contributed by atoms with E-state index in [0.29, 0.717) is 36.0 Å². The quantitative estimate of drug-likeness (QED) is 0.465. The van der Waals surface area contributed by atoms with Crippen molar-refractivity contribution >= 4 is 22.8 Å². The summed E-state index contributed by atoms with van der Waals surface area (Å²) in [5.74, 6) is 0.804. The summed E-state index contributed by atoms with van der Waals surface area (Å²) >= 11 is 0. The van der Waals surface area contributed by atoms with E-state index in [1.54, 1.807) is 6.20 Å². The summed E-state index contributed by atoms with van der Waals surface area (Å²) in [4.78, 5) is 18.6. The number of nitrogens with one attached hydrogen (secondary N) is 2. The van der Waals surface area contributed by atoms with Crippen LogP contribution in [0.5, 0.6) is 0 Å². The fourth-order valence-corrected chi connectivity index (χ4v) is 3.41. The van der Waals surface area contributed by atoms with E-state index in [0.717, 1.165) is 28.8 Å². The minimum atomic E-state index is -0.777. The molecule has 8 nitrogen and oxygen atoms in total. The maximum Gasteiger partial charge on any atom is 0.227 e. The number of rotatable bonds is 6. The molecule has 1 aliphatic carbocycles. The van der Waals surface area contributed by atoms with Crippen LogP contribution in [0.3, 0.4) is 0 Å². The number of halogens is 1. The number of anilines is 2. The van der Waals surface area contributed by atoms with Gasteiger partial charge in [0.05, 0.1) is 22.3 Å². The summed E-state index contributed by atoms with van der Waals surface area (Å²) in [5.41, 5.74) is 11.2. The molecule has 1 saturated carbocycles. The number of fused-ring (bicyclic) bond motifs is 1. The largest absolute Gasteiger partial charge is 0.383 e. The van der Waals surface area contributed by atoms with Crippen LogP contribution in [0.15, 0.2) is 36.7 Å². The number of aromatic amines is 2. The first-order chi connectivity index (χ1) is 14.1. The molecule has 4 aromatic heterocycles. The molecule has 0 spiro atoms. The van der Waals surface area contributed by atoms with Crippen LogP contribution in [0, 0.1) is 0 Å². The number of hydrogen-bond donors (Lipinski definition) is 3. The fourth-order valence-electron chi connectivity index (χ4n) is 3.41. The second kappa shape index (κ2) is 6.84. The Morgan fingerprint density at radius 1 is 1.28 bits per heavy atom. The standard InChI is InChI=1S/C20H21FN8/c1-29(7-5-11-2-3-15-16(25-11)4-6-23-15)20-24-10-13(19(22)26-20)18-9-17(27-28-18)12-8-14(12)21/h2-4,6,9-10,12,14,23H,5,7-8H2,1H3,(H,27,28)(H2,22,24,26)/t12-,14+/m1/s1. The van der Waals surface area contributed by atoms with E-state index < -0.39 is 6.17 Å². The summed E-state index contributed by atoms with van der Waals surface area (Å²) in [5, 5.41) is 7.13. The maximum absolute atomic E-state index is 13.2. The zero-order valence-electron chi connectivity index (χ0n) is 15.9. The molecule has 1 fully saturated rings. The van der Waals surface area contributed by atoms with Gasteiger partial charge in [-0.05, 0) is 30.7 Å². The van der Waals surface area contributed by atoms with Crippen LogP contribution < -0.4 is 10.6 Å². The SMILES string of the molecule is CN(CCc1ccc2[nH]ccc2n1)c1ncc(-c2cc([C@@H]3C[C@@H]3F)[nH]n2)c(N)n1.